The van der Waals surface area contributed by atoms with Gasteiger partial charge >= 0.3 is 0 Å². The zero-order valence-electron chi connectivity index (χ0n) is 13.4. The summed E-state index contributed by atoms with van der Waals surface area (Å²) >= 11 is 0. The molecular weight excluding hydrogens is 276 g/mol. The summed E-state index contributed by atoms with van der Waals surface area (Å²) in [5.74, 6) is 0. The molecule has 0 N–H and O–H groups in total. The van der Waals surface area contributed by atoms with Crippen molar-refractivity contribution >= 4 is 5.57 Å². The second-order valence-electron chi connectivity index (χ2n) is 6.19. The Bertz CT molecular complexity index is 822. The molecule has 0 saturated heterocycles. The van der Waals surface area contributed by atoms with Crippen molar-refractivity contribution in [1.82, 2.24) is 0 Å². The fourth-order valence-electron chi connectivity index (χ4n) is 4.15. The van der Waals surface area contributed by atoms with Crippen molar-refractivity contribution in [2.24, 2.45) is 0 Å². The predicted octanol–water partition coefficient (Wildman–Crippen LogP) is 5.81. The van der Waals surface area contributed by atoms with E-state index >= 15 is 0 Å². The van der Waals surface area contributed by atoms with E-state index < -0.39 is 0 Å². The highest BCUT2D eigenvalue weighted by Crippen LogP contribution is 2.51. The molecule has 0 fully saturated rings. The second-order valence-corrected chi connectivity index (χ2v) is 6.19. The third kappa shape index (κ3) is 1.85. The first-order valence-corrected chi connectivity index (χ1v) is 8.23. The van der Waals surface area contributed by atoms with Gasteiger partial charge in [0, 0.05) is 5.41 Å². The minimum absolute atomic E-state index is 0.102. The van der Waals surface area contributed by atoms with Gasteiger partial charge in [-0.3, -0.25) is 0 Å². The molecule has 0 nitrogen and oxygen atoms in total. The first-order valence-electron chi connectivity index (χ1n) is 8.23. The lowest BCUT2D eigenvalue weighted by atomic mass is 9.61. The minimum atomic E-state index is -0.102. The van der Waals surface area contributed by atoms with Gasteiger partial charge in [0.15, 0.2) is 0 Å². The molecule has 3 aromatic rings. The molecule has 0 unspecified atom stereocenters. The van der Waals surface area contributed by atoms with Crippen molar-refractivity contribution in [2.75, 3.05) is 0 Å². The molecule has 1 aliphatic carbocycles. The van der Waals surface area contributed by atoms with Gasteiger partial charge < -0.3 is 0 Å². The molecule has 1 aliphatic rings. The van der Waals surface area contributed by atoms with Gasteiger partial charge in [-0.05, 0) is 39.8 Å². The van der Waals surface area contributed by atoms with E-state index in [1.165, 1.54) is 27.8 Å². The largest absolute Gasteiger partial charge is 0.0905 e. The molecule has 0 spiro atoms. The van der Waals surface area contributed by atoms with Gasteiger partial charge in [-0.15, -0.1) is 0 Å². The Labute approximate surface area is 138 Å². The average Bonchev–Trinajstić information content (AvgIpc) is 2.64. The summed E-state index contributed by atoms with van der Waals surface area (Å²) in [6.07, 6.45) is 1.03. The van der Waals surface area contributed by atoms with Crippen molar-refractivity contribution in [3.63, 3.8) is 0 Å². The number of hydrogen-bond acceptors (Lipinski definition) is 0. The second kappa shape index (κ2) is 5.24. The fourth-order valence-corrected chi connectivity index (χ4v) is 4.15. The van der Waals surface area contributed by atoms with E-state index in [9.17, 15) is 0 Å². The van der Waals surface area contributed by atoms with Crippen LogP contribution < -0.4 is 0 Å². The number of benzene rings is 3. The maximum Gasteiger partial charge on any atom is 0.0461 e. The molecule has 0 amide bonds. The van der Waals surface area contributed by atoms with Gasteiger partial charge in [0.25, 0.3) is 0 Å². The summed E-state index contributed by atoms with van der Waals surface area (Å²) in [6.45, 7) is 6.68. The van der Waals surface area contributed by atoms with Crippen LogP contribution in [0.4, 0.5) is 0 Å². The highest BCUT2D eigenvalue weighted by atomic mass is 14.4. The van der Waals surface area contributed by atoms with Crippen molar-refractivity contribution in [3.05, 3.63) is 113 Å². The first-order chi connectivity index (χ1) is 11.3. The van der Waals surface area contributed by atoms with E-state index in [2.05, 4.69) is 92.4 Å². The van der Waals surface area contributed by atoms with Crippen LogP contribution >= 0.6 is 0 Å². The summed E-state index contributed by atoms with van der Waals surface area (Å²) < 4.78 is 0. The molecule has 4 rings (SSSR count). The van der Waals surface area contributed by atoms with Crippen molar-refractivity contribution in [3.8, 4) is 0 Å². The van der Waals surface area contributed by atoms with Crippen LogP contribution in [-0.2, 0) is 5.41 Å². The molecule has 0 aromatic heterocycles. The van der Waals surface area contributed by atoms with Gasteiger partial charge in [0.2, 0.25) is 0 Å². The smallest absolute Gasteiger partial charge is 0.0461 e. The molecule has 0 aliphatic heterocycles. The van der Waals surface area contributed by atoms with Crippen LogP contribution in [0.25, 0.3) is 5.57 Å². The van der Waals surface area contributed by atoms with Crippen LogP contribution in [0.2, 0.25) is 0 Å². The van der Waals surface area contributed by atoms with Crippen LogP contribution in [0, 0.1) is 0 Å². The average molecular weight is 296 g/mol. The molecule has 0 heterocycles. The maximum absolute atomic E-state index is 4.39. The number of rotatable bonds is 2. The third-order valence-electron chi connectivity index (χ3n) is 5.22. The Hall–Kier alpha value is -2.60. The first kappa shape index (κ1) is 14.0. The summed E-state index contributed by atoms with van der Waals surface area (Å²) in [5.41, 5.74) is 7.69. The van der Waals surface area contributed by atoms with Crippen LogP contribution in [0.15, 0.2) is 85.4 Å². The highest BCUT2D eigenvalue weighted by molar-refractivity contribution is 5.87. The van der Waals surface area contributed by atoms with E-state index in [4.69, 9.17) is 0 Å². The predicted molar refractivity (Wildman–Crippen MR) is 97.6 cm³/mol. The summed E-state index contributed by atoms with van der Waals surface area (Å²) in [7, 11) is 0. The van der Waals surface area contributed by atoms with Gasteiger partial charge in [-0.1, -0.05) is 92.4 Å². The molecule has 0 bridgehead atoms. The summed E-state index contributed by atoms with van der Waals surface area (Å²) in [6, 6.07) is 28.4. The van der Waals surface area contributed by atoms with Gasteiger partial charge in [-0.25, -0.2) is 0 Å². The Balaban J connectivity index is 2.14. The van der Waals surface area contributed by atoms with Gasteiger partial charge in [0.1, 0.15) is 0 Å². The fraction of sp³-hybridized carbons (Fsp3) is 0.130. The molecular formula is C23H20. The normalized spacial score (nSPS) is 14.9. The quantitative estimate of drug-likeness (QED) is 0.560. The van der Waals surface area contributed by atoms with E-state index in [1.807, 2.05) is 0 Å². The molecule has 0 heteroatoms. The monoisotopic (exact) mass is 296 g/mol. The topological polar surface area (TPSA) is 0 Å². The van der Waals surface area contributed by atoms with Gasteiger partial charge in [0.05, 0.1) is 0 Å². The Kier molecular flexibility index (Phi) is 3.20. The lowest BCUT2D eigenvalue weighted by Crippen LogP contribution is -2.33. The molecule has 112 valence electrons. The van der Waals surface area contributed by atoms with Crippen LogP contribution in [-0.4, -0.2) is 0 Å². The lowest BCUT2D eigenvalue weighted by Gasteiger charge is -2.42. The molecule has 23 heavy (non-hydrogen) atoms. The lowest BCUT2D eigenvalue weighted by molar-refractivity contribution is 0.586. The Morgan fingerprint density at radius 2 is 1.17 bits per heavy atom. The molecule has 0 atom stereocenters. The van der Waals surface area contributed by atoms with E-state index in [0.717, 1.165) is 12.0 Å². The van der Waals surface area contributed by atoms with E-state index in [0.29, 0.717) is 0 Å². The van der Waals surface area contributed by atoms with Crippen molar-refractivity contribution < 1.29 is 0 Å². The van der Waals surface area contributed by atoms with Crippen LogP contribution in [0.1, 0.15) is 41.2 Å². The maximum atomic E-state index is 4.39. The van der Waals surface area contributed by atoms with E-state index in [-0.39, 0.29) is 5.41 Å². The Morgan fingerprint density at radius 3 is 1.70 bits per heavy atom. The van der Waals surface area contributed by atoms with E-state index in [1.54, 1.807) is 0 Å². The third-order valence-corrected chi connectivity index (χ3v) is 5.22. The zero-order valence-corrected chi connectivity index (χ0v) is 13.4. The Morgan fingerprint density at radius 1 is 0.696 bits per heavy atom. The number of hydrogen-bond donors (Lipinski definition) is 0. The number of fused-ring (bicyclic) bond motifs is 2. The van der Waals surface area contributed by atoms with Gasteiger partial charge in [-0.2, -0.15) is 0 Å². The van der Waals surface area contributed by atoms with Crippen molar-refractivity contribution in [1.29, 1.82) is 0 Å². The molecule has 0 saturated carbocycles. The molecule has 0 radical (unpaired) electrons. The minimum Gasteiger partial charge on any atom is -0.0905 e. The summed E-state index contributed by atoms with van der Waals surface area (Å²) in [4.78, 5) is 0. The summed E-state index contributed by atoms with van der Waals surface area (Å²) in [5, 5.41) is 0. The van der Waals surface area contributed by atoms with Crippen LogP contribution in [0.5, 0.6) is 0 Å². The van der Waals surface area contributed by atoms with Crippen LogP contribution in [0.3, 0.4) is 0 Å². The van der Waals surface area contributed by atoms with Crippen molar-refractivity contribution in [2.45, 2.75) is 18.8 Å². The molecule has 3 aromatic carbocycles. The standard InChI is InChI=1S/C23H20/c1-3-23(18-11-5-4-6-12-18)21-15-9-7-13-19(21)17(2)20-14-8-10-16-22(20)23/h4-16H,2-3H2,1H3. The zero-order chi connectivity index (χ0) is 15.9. The highest BCUT2D eigenvalue weighted by Gasteiger charge is 2.41. The SMILES string of the molecule is C=C1c2ccccc2C(CC)(c2ccccc2)c2ccccc21.